The van der Waals surface area contributed by atoms with E-state index in [0.717, 1.165) is 11.1 Å². The molecule has 0 spiro atoms. The number of ether oxygens (including phenoxy) is 3. The third-order valence-corrected chi connectivity index (χ3v) is 4.78. The van der Waals surface area contributed by atoms with Crippen LogP contribution >= 0.6 is 0 Å². The number of carbonyl (C=O) groups is 3. The first kappa shape index (κ1) is 21.9. The van der Waals surface area contributed by atoms with E-state index in [1.54, 1.807) is 19.9 Å². The first-order valence-electron chi connectivity index (χ1n) is 9.44. The van der Waals surface area contributed by atoms with Crippen molar-refractivity contribution >= 4 is 17.9 Å². The van der Waals surface area contributed by atoms with Crippen LogP contribution in [0.3, 0.4) is 0 Å². The molecule has 0 unspecified atom stereocenters. The van der Waals surface area contributed by atoms with Gasteiger partial charge in [-0.25, -0.2) is 4.79 Å². The Morgan fingerprint density at radius 2 is 1.96 bits per heavy atom. The van der Waals surface area contributed by atoms with Gasteiger partial charge in [-0.1, -0.05) is 26.5 Å². The second kappa shape index (κ2) is 9.68. The van der Waals surface area contributed by atoms with Crippen molar-refractivity contribution in [1.29, 1.82) is 0 Å². The minimum absolute atomic E-state index is 0.0791. The zero-order valence-corrected chi connectivity index (χ0v) is 16.6. The molecule has 0 bridgehead atoms. The molecule has 1 aliphatic heterocycles. The topological polar surface area (TPSA) is 99.1 Å². The Morgan fingerprint density at radius 1 is 1.29 bits per heavy atom. The van der Waals surface area contributed by atoms with Crippen molar-refractivity contribution in [3.8, 4) is 0 Å². The van der Waals surface area contributed by atoms with Gasteiger partial charge in [0.2, 0.25) is 0 Å². The van der Waals surface area contributed by atoms with Crippen LogP contribution in [0.1, 0.15) is 40.0 Å². The van der Waals surface area contributed by atoms with Gasteiger partial charge in [-0.05, 0) is 36.5 Å². The van der Waals surface area contributed by atoms with Gasteiger partial charge >= 0.3 is 17.9 Å². The van der Waals surface area contributed by atoms with E-state index < -0.39 is 30.1 Å². The number of rotatable bonds is 5. The first-order valence-corrected chi connectivity index (χ1v) is 9.44. The molecule has 3 atom stereocenters. The number of hydrogen-bond donors (Lipinski definition) is 1. The van der Waals surface area contributed by atoms with Crippen molar-refractivity contribution in [2.75, 3.05) is 13.2 Å². The molecule has 1 N–H and O–H groups in total. The summed E-state index contributed by atoms with van der Waals surface area (Å²) in [7, 11) is 0. The SMILES string of the molecule is C=C1C(=O)O[C@@H]2/C=C(/COC(C)=O)CC/C=C(/COC(=O)C(C)C)C[C@@H](O)[C@@H]12. The van der Waals surface area contributed by atoms with Gasteiger partial charge in [-0.15, -0.1) is 0 Å². The van der Waals surface area contributed by atoms with Gasteiger partial charge in [-0.3, -0.25) is 9.59 Å². The van der Waals surface area contributed by atoms with E-state index in [1.807, 2.05) is 6.08 Å². The van der Waals surface area contributed by atoms with Crippen LogP contribution in [0.2, 0.25) is 0 Å². The van der Waals surface area contributed by atoms with Crippen LogP contribution in [0.4, 0.5) is 0 Å². The lowest BCUT2D eigenvalue weighted by molar-refractivity contribution is -0.146. The van der Waals surface area contributed by atoms with Gasteiger partial charge in [0.25, 0.3) is 0 Å². The van der Waals surface area contributed by atoms with Crippen molar-refractivity contribution in [2.24, 2.45) is 11.8 Å². The lowest BCUT2D eigenvalue weighted by Gasteiger charge is -2.24. The molecule has 28 heavy (non-hydrogen) atoms. The lowest BCUT2D eigenvalue weighted by atomic mass is 9.85. The van der Waals surface area contributed by atoms with Crippen LogP contribution < -0.4 is 0 Å². The van der Waals surface area contributed by atoms with E-state index in [4.69, 9.17) is 14.2 Å². The van der Waals surface area contributed by atoms with Crippen LogP contribution in [0.15, 0.2) is 35.5 Å². The third-order valence-electron chi connectivity index (χ3n) is 4.78. The summed E-state index contributed by atoms with van der Waals surface area (Å²) >= 11 is 0. The van der Waals surface area contributed by atoms with Crippen LogP contribution in [0.5, 0.6) is 0 Å². The highest BCUT2D eigenvalue weighted by Crippen LogP contribution is 2.34. The van der Waals surface area contributed by atoms with Crippen LogP contribution in [-0.2, 0) is 28.6 Å². The Kier molecular flexibility index (Phi) is 7.57. The second-order valence-electron chi connectivity index (χ2n) is 7.46. The molecule has 1 aliphatic carbocycles. The molecular formula is C21H28O7. The van der Waals surface area contributed by atoms with Gasteiger partial charge < -0.3 is 19.3 Å². The maximum Gasteiger partial charge on any atom is 0.334 e. The predicted molar refractivity (Wildman–Crippen MR) is 101 cm³/mol. The highest BCUT2D eigenvalue weighted by atomic mass is 16.6. The standard InChI is InChI=1S/C21H28O7/c1-12(2)20(24)27-11-15-6-5-7-16(10-26-14(4)22)9-18-19(17(23)8-15)13(3)21(25)28-18/h6,9,12,17-19,23H,3,5,7-8,10-11H2,1-2,4H3/b15-6+,16-9+/t17-,18-,19-/m1/s1. The fourth-order valence-electron chi connectivity index (χ4n) is 3.22. The molecule has 0 aromatic carbocycles. The molecular weight excluding hydrogens is 364 g/mol. The monoisotopic (exact) mass is 392 g/mol. The number of esters is 3. The summed E-state index contributed by atoms with van der Waals surface area (Å²) in [5.74, 6) is -2.12. The fraction of sp³-hybridized carbons (Fsp3) is 0.571. The smallest absolute Gasteiger partial charge is 0.334 e. The van der Waals surface area contributed by atoms with Crippen LogP contribution in [-0.4, -0.2) is 48.4 Å². The summed E-state index contributed by atoms with van der Waals surface area (Å²) in [4.78, 5) is 34.9. The molecule has 2 rings (SSSR count). The van der Waals surface area contributed by atoms with E-state index in [9.17, 15) is 19.5 Å². The maximum absolute atomic E-state index is 12.0. The lowest BCUT2D eigenvalue weighted by Crippen LogP contribution is -2.30. The van der Waals surface area contributed by atoms with Crippen molar-refractivity contribution in [1.82, 2.24) is 0 Å². The van der Waals surface area contributed by atoms with Crippen LogP contribution in [0, 0.1) is 11.8 Å². The molecule has 0 saturated carbocycles. The highest BCUT2D eigenvalue weighted by Gasteiger charge is 2.42. The first-order chi connectivity index (χ1) is 13.2. The third kappa shape index (κ3) is 5.79. The molecule has 0 amide bonds. The number of carbonyl (C=O) groups excluding carboxylic acids is 3. The van der Waals surface area contributed by atoms with Crippen molar-refractivity contribution in [2.45, 2.75) is 52.2 Å². The number of hydrogen-bond acceptors (Lipinski definition) is 7. The summed E-state index contributed by atoms with van der Waals surface area (Å²) in [5.41, 5.74) is 1.76. The molecule has 7 nitrogen and oxygen atoms in total. The van der Waals surface area contributed by atoms with E-state index in [2.05, 4.69) is 6.58 Å². The van der Waals surface area contributed by atoms with Crippen molar-refractivity contribution < 1.29 is 33.7 Å². The summed E-state index contributed by atoms with van der Waals surface area (Å²) in [5, 5.41) is 10.7. The Labute approximate surface area is 165 Å². The number of allylic oxidation sites excluding steroid dienone is 1. The Balaban J connectivity index is 2.23. The normalized spacial score (nSPS) is 29.1. The molecule has 154 valence electrons. The minimum atomic E-state index is -0.919. The zero-order valence-electron chi connectivity index (χ0n) is 16.6. The second-order valence-corrected chi connectivity index (χ2v) is 7.46. The molecule has 0 radical (unpaired) electrons. The fourth-order valence-corrected chi connectivity index (χ4v) is 3.22. The number of aliphatic hydroxyl groups excluding tert-OH is 1. The quantitative estimate of drug-likeness (QED) is 0.331. The van der Waals surface area contributed by atoms with E-state index >= 15 is 0 Å². The van der Waals surface area contributed by atoms with Gasteiger partial charge in [0.05, 0.1) is 17.9 Å². The highest BCUT2D eigenvalue weighted by molar-refractivity contribution is 5.91. The Bertz CT molecular complexity index is 702. The maximum atomic E-state index is 12.0. The minimum Gasteiger partial charge on any atom is -0.461 e. The van der Waals surface area contributed by atoms with Gasteiger partial charge in [0.15, 0.2) is 0 Å². The Hall–Kier alpha value is -2.41. The molecule has 2 aliphatic rings. The van der Waals surface area contributed by atoms with E-state index in [-0.39, 0.29) is 37.1 Å². The molecule has 1 fully saturated rings. The zero-order chi connectivity index (χ0) is 20.8. The van der Waals surface area contributed by atoms with E-state index in [0.29, 0.717) is 12.8 Å². The molecule has 7 heteroatoms. The van der Waals surface area contributed by atoms with Gasteiger partial charge in [-0.2, -0.15) is 0 Å². The summed E-state index contributed by atoms with van der Waals surface area (Å²) in [6, 6.07) is 0. The predicted octanol–water partition coefficient (Wildman–Crippen LogP) is 2.24. The molecule has 0 aromatic heterocycles. The summed E-state index contributed by atoms with van der Waals surface area (Å²) in [6.45, 7) is 8.76. The number of fused-ring (bicyclic) bond motifs is 1. The summed E-state index contributed by atoms with van der Waals surface area (Å²) < 4.78 is 15.8. The average Bonchev–Trinajstić information content (AvgIpc) is 2.90. The van der Waals surface area contributed by atoms with Crippen molar-refractivity contribution in [3.05, 3.63) is 35.5 Å². The van der Waals surface area contributed by atoms with Gasteiger partial charge in [0, 0.05) is 12.5 Å². The number of aliphatic hydroxyl groups is 1. The molecule has 1 saturated heterocycles. The molecule has 1 heterocycles. The van der Waals surface area contributed by atoms with E-state index in [1.165, 1.54) is 6.92 Å². The summed E-state index contributed by atoms with van der Waals surface area (Å²) in [6.07, 6.45) is 3.51. The largest absolute Gasteiger partial charge is 0.461 e. The Morgan fingerprint density at radius 3 is 2.61 bits per heavy atom. The average molecular weight is 392 g/mol. The molecule has 0 aromatic rings. The van der Waals surface area contributed by atoms with Crippen molar-refractivity contribution in [3.63, 3.8) is 0 Å². The van der Waals surface area contributed by atoms with Crippen LogP contribution in [0.25, 0.3) is 0 Å². The van der Waals surface area contributed by atoms with Gasteiger partial charge in [0.1, 0.15) is 19.3 Å².